The highest BCUT2D eigenvalue weighted by Gasteiger charge is 2.02. The van der Waals surface area contributed by atoms with Gasteiger partial charge >= 0.3 is 0 Å². The monoisotopic (exact) mass is 325 g/mol. The lowest BCUT2D eigenvalue weighted by molar-refractivity contribution is 1.21. The van der Waals surface area contributed by atoms with E-state index in [1.807, 2.05) is 12.1 Å². The number of hydrogen-bond acceptors (Lipinski definition) is 1. The molecule has 0 aliphatic rings. The molecule has 0 heterocycles. The van der Waals surface area contributed by atoms with Gasteiger partial charge in [-0.25, -0.2) is 0 Å². The van der Waals surface area contributed by atoms with E-state index in [0.717, 1.165) is 12.2 Å². The van der Waals surface area contributed by atoms with Gasteiger partial charge in [0.1, 0.15) is 0 Å². The van der Waals surface area contributed by atoms with Crippen molar-refractivity contribution < 1.29 is 0 Å². The summed E-state index contributed by atoms with van der Waals surface area (Å²) in [5.74, 6) is 0. The quantitative estimate of drug-likeness (QED) is 0.527. The number of nitrogens with one attached hydrogen (secondary N) is 1. The Balaban J connectivity index is 1.86. The van der Waals surface area contributed by atoms with Crippen molar-refractivity contribution in [2.75, 3.05) is 11.9 Å². The molecule has 0 radical (unpaired) electrons. The van der Waals surface area contributed by atoms with Crippen LogP contribution in [0.25, 0.3) is 11.6 Å². The van der Waals surface area contributed by atoms with Crippen LogP contribution >= 0.6 is 0 Å². The largest absolute Gasteiger partial charge is 0.385 e. The number of hydrogen-bond donors (Lipinski definition) is 1. The summed E-state index contributed by atoms with van der Waals surface area (Å²) in [5, 5.41) is 3.32. The fourth-order valence-corrected chi connectivity index (χ4v) is 2.77. The Kier molecular flexibility index (Phi) is 5.84. The molecule has 0 saturated carbocycles. The molecule has 3 aromatic rings. The van der Waals surface area contributed by atoms with Crippen molar-refractivity contribution in [3.8, 4) is 0 Å². The van der Waals surface area contributed by atoms with E-state index in [4.69, 9.17) is 0 Å². The van der Waals surface area contributed by atoms with Crippen LogP contribution in [0.3, 0.4) is 0 Å². The summed E-state index contributed by atoms with van der Waals surface area (Å²) in [4.78, 5) is 0. The molecular weight excluding hydrogens is 302 g/mol. The van der Waals surface area contributed by atoms with Crippen LogP contribution in [0.4, 0.5) is 5.69 Å². The van der Waals surface area contributed by atoms with Crippen LogP contribution in [-0.4, -0.2) is 6.54 Å². The molecule has 0 bridgehead atoms. The predicted octanol–water partition coefficient (Wildman–Crippen LogP) is 6.26. The molecule has 0 saturated heterocycles. The van der Waals surface area contributed by atoms with Gasteiger partial charge < -0.3 is 5.32 Å². The maximum atomic E-state index is 3.32. The van der Waals surface area contributed by atoms with Gasteiger partial charge in [-0.2, -0.15) is 0 Å². The van der Waals surface area contributed by atoms with Gasteiger partial charge in [0.15, 0.2) is 0 Å². The van der Waals surface area contributed by atoms with Crippen LogP contribution in [0.2, 0.25) is 0 Å². The smallest absolute Gasteiger partial charge is 0.0340 e. The molecule has 25 heavy (non-hydrogen) atoms. The van der Waals surface area contributed by atoms with Crippen LogP contribution in [0.15, 0.2) is 97.1 Å². The van der Waals surface area contributed by atoms with Crippen LogP contribution in [0, 0.1) is 0 Å². The van der Waals surface area contributed by atoms with Crippen molar-refractivity contribution in [2.24, 2.45) is 0 Å². The fourth-order valence-electron chi connectivity index (χ4n) is 2.77. The Bertz CT molecular complexity index is 787. The second-order valence-electron chi connectivity index (χ2n) is 5.82. The first kappa shape index (κ1) is 16.8. The molecule has 3 rings (SSSR count). The average molecular weight is 325 g/mol. The Morgan fingerprint density at radius 1 is 0.760 bits per heavy atom. The third-order valence-electron chi connectivity index (χ3n) is 4.01. The van der Waals surface area contributed by atoms with E-state index in [0.29, 0.717) is 0 Å². The lowest BCUT2D eigenvalue weighted by atomic mass is 9.97. The van der Waals surface area contributed by atoms with E-state index in [9.17, 15) is 0 Å². The molecule has 1 N–H and O–H groups in total. The minimum absolute atomic E-state index is 0.940. The third-order valence-corrected chi connectivity index (χ3v) is 4.01. The zero-order valence-electron chi connectivity index (χ0n) is 14.5. The molecule has 0 amide bonds. The van der Waals surface area contributed by atoms with E-state index in [-0.39, 0.29) is 0 Å². The Morgan fingerprint density at radius 3 is 1.84 bits per heavy atom. The lowest BCUT2D eigenvalue weighted by Gasteiger charge is -2.07. The van der Waals surface area contributed by atoms with E-state index in [1.54, 1.807) is 0 Å². The molecule has 0 aromatic heterocycles. The number of benzene rings is 3. The van der Waals surface area contributed by atoms with Crippen molar-refractivity contribution in [1.29, 1.82) is 0 Å². The fraction of sp³-hybridized carbons (Fsp3) is 0.0833. The Labute approximate surface area is 150 Å². The summed E-state index contributed by atoms with van der Waals surface area (Å²) >= 11 is 0. The van der Waals surface area contributed by atoms with Crippen LogP contribution in [-0.2, 0) is 0 Å². The maximum absolute atomic E-state index is 3.32. The highest BCUT2D eigenvalue weighted by atomic mass is 14.8. The van der Waals surface area contributed by atoms with Crippen LogP contribution < -0.4 is 5.32 Å². The summed E-state index contributed by atoms with van der Waals surface area (Å²) in [5.41, 5.74) is 6.02. The summed E-state index contributed by atoms with van der Waals surface area (Å²) in [6.45, 7) is 3.04. The van der Waals surface area contributed by atoms with Crippen molar-refractivity contribution in [1.82, 2.24) is 0 Å². The Hall–Kier alpha value is -3.06. The summed E-state index contributed by atoms with van der Waals surface area (Å²) in [7, 11) is 0. The van der Waals surface area contributed by atoms with Gasteiger partial charge in [-0.15, -0.1) is 0 Å². The summed E-state index contributed by atoms with van der Waals surface area (Å²) < 4.78 is 0. The summed E-state index contributed by atoms with van der Waals surface area (Å²) in [6.07, 6.45) is 6.45. The molecule has 0 atom stereocenters. The first-order valence-electron chi connectivity index (χ1n) is 8.70. The van der Waals surface area contributed by atoms with E-state index < -0.39 is 0 Å². The zero-order chi connectivity index (χ0) is 17.3. The highest BCUT2D eigenvalue weighted by Crippen LogP contribution is 2.23. The molecule has 0 fully saturated rings. The van der Waals surface area contributed by atoms with Crippen LogP contribution in [0.1, 0.15) is 23.6 Å². The predicted molar refractivity (Wildman–Crippen MR) is 110 cm³/mol. The molecule has 0 aliphatic heterocycles. The first-order valence-corrected chi connectivity index (χ1v) is 8.70. The molecule has 124 valence electrons. The second-order valence-corrected chi connectivity index (χ2v) is 5.82. The number of allylic oxidation sites excluding steroid dienone is 2. The molecule has 0 spiro atoms. The minimum Gasteiger partial charge on any atom is -0.385 e. The topological polar surface area (TPSA) is 12.0 Å². The number of rotatable bonds is 6. The average Bonchev–Trinajstić information content (AvgIpc) is 2.68. The molecule has 3 aromatic carbocycles. The molecule has 1 heteroatoms. The zero-order valence-corrected chi connectivity index (χ0v) is 14.5. The normalized spacial score (nSPS) is 10.6. The van der Waals surface area contributed by atoms with Crippen LogP contribution in [0.5, 0.6) is 0 Å². The molecular formula is C24H23N. The molecule has 1 nitrogen and oxygen atoms in total. The van der Waals surface area contributed by atoms with Gasteiger partial charge in [0.05, 0.1) is 0 Å². The Morgan fingerprint density at radius 2 is 1.32 bits per heavy atom. The minimum atomic E-state index is 0.940. The van der Waals surface area contributed by atoms with Crippen molar-refractivity contribution >= 4 is 17.3 Å². The highest BCUT2D eigenvalue weighted by molar-refractivity contribution is 5.81. The molecule has 0 aliphatic carbocycles. The lowest BCUT2D eigenvalue weighted by Crippen LogP contribution is -1.95. The maximum Gasteiger partial charge on any atom is 0.0340 e. The molecule has 0 unspecified atom stereocenters. The van der Waals surface area contributed by atoms with Crippen molar-refractivity contribution in [3.63, 3.8) is 0 Å². The summed E-state index contributed by atoms with van der Waals surface area (Å²) in [6, 6.07) is 29.5. The third kappa shape index (κ3) is 4.71. The van der Waals surface area contributed by atoms with Gasteiger partial charge in [0.25, 0.3) is 0 Å². The first-order chi connectivity index (χ1) is 12.4. The van der Waals surface area contributed by atoms with Gasteiger partial charge in [-0.3, -0.25) is 0 Å². The van der Waals surface area contributed by atoms with Gasteiger partial charge in [-0.05, 0) is 41.3 Å². The van der Waals surface area contributed by atoms with Gasteiger partial charge in [-0.1, -0.05) is 91.0 Å². The van der Waals surface area contributed by atoms with E-state index >= 15 is 0 Å². The SMILES string of the molecule is CCNc1ccc(/C=C/C=C(c2ccccc2)c2ccccc2)cc1. The van der Waals surface area contributed by atoms with Crippen molar-refractivity contribution in [2.45, 2.75) is 6.92 Å². The van der Waals surface area contributed by atoms with Gasteiger partial charge in [0.2, 0.25) is 0 Å². The second kappa shape index (κ2) is 8.70. The number of anilines is 1. The van der Waals surface area contributed by atoms with E-state index in [1.165, 1.54) is 22.3 Å². The van der Waals surface area contributed by atoms with Gasteiger partial charge in [0, 0.05) is 12.2 Å². The van der Waals surface area contributed by atoms with E-state index in [2.05, 4.69) is 103 Å². The standard InChI is InChI=1S/C24H23N/c1-2-25-23-18-16-20(17-19-23)10-9-15-24(21-11-5-3-6-12-21)22-13-7-4-8-14-22/h3-19,25H,2H2,1H3/b10-9+. The van der Waals surface area contributed by atoms with Crippen molar-refractivity contribution in [3.05, 3.63) is 114 Å².